The fourth-order valence-corrected chi connectivity index (χ4v) is 4.97. The molecule has 1 aliphatic rings. The molecule has 1 atom stereocenters. The maximum Gasteiger partial charge on any atom is 0.272 e. The average Bonchev–Trinajstić information content (AvgIpc) is 3.32. The smallest absolute Gasteiger partial charge is 0.272 e. The minimum Gasteiger partial charge on any atom is -0.497 e. The maximum absolute atomic E-state index is 13.7. The molecule has 0 unspecified atom stereocenters. The number of aryl methyl sites for hydroxylation is 2. The highest BCUT2D eigenvalue weighted by Crippen LogP contribution is 2.43. The second-order valence-electron chi connectivity index (χ2n) is 9.03. The highest BCUT2D eigenvalue weighted by molar-refractivity contribution is 6.07. The molecular formula is C29H29N3O3. The zero-order chi connectivity index (χ0) is 24.5. The summed E-state index contributed by atoms with van der Waals surface area (Å²) in [4.78, 5) is 28.3. The lowest BCUT2D eigenvalue weighted by molar-refractivity contribution is -0.122. The number of amides is 2. The quantitative estimate of drug-likeness (QED) is 0.438. The summed E-state index contributed by atoms with van der Waals surface area (Å²) in [5.41, 5.74) is 5.92. The highest BCUT2D eigenvalue weighted by Gasteiger charge is 2.42. The molecule has 6 heteroatoms. The van der Waals surface area contributed by atoms with Crippen molar-refractivity contribution in [3.05, 3.63) is 101 Å². The van der Waals surface area contributed by atoms with Crippen molar-refractivity contribution in [2.75, 3.05) is 20.2 Å². The Morgan fingerprint density at radius 3 is 2.43 bits per heavy atom. The number of ether oxygens (including phenoxy) is 1. The normalized spacial score (nSPS) is 14.9. The van der Waals surface area contributed by atoms with Gasteiger partial charge in [0.2, 0.25) is 5.91 Å². The Hall–Kier alpha value is -4.06. The van der Waals surface area contributed by atoms with E-state index in [-0.39, 0.29) is 24.4 Å². The molecule has 0 saturated heterocycles. The number of nitrogens with one attached hydrogen (secondary N) is 1. The van der Waals surface area contributed by atoms with E-state index in [1.165, 1.54) is 11.1 Å². The van der Waals surface area contributed by atoms with Crippen LogP contribution in [0.4, 0.5) is 0 Å². The van der Waals surface area contributed by atoms with Gasteiger partial charge in [0.1, 0.15) is 18.0 Å². The molecule has 0 fully saturated rings. The van der Waals surface area contributed by atoms with E-state index >= 15 is 0 Å². The molecule has 1 aromatic heterocycles. The van der Waals surface area contributed by atoms with Gasteiger partial charge in [-0.15, -0.1) is 0 Å². The third-order valence-corrected chi connectivity index (χ3v) is 6.80. The Morgan fingerprint density at radius 1 is 1.00 bits per heavy atom. The maximum atomic E-state index is 13.7. The first-order valence-electron chi connectivity index (χ1n) is 11.8. The van der Waals surface area contributed by atoms with Crippen molar-refractivity contribution in [2.45, 2.75) is 19.4 Å². The molecule has 0 aliphatic carbocycles. The highest BCUT2D eigenvalue weighted by atomic mass is 16.5. The van der Waals surface area contributed by atoms with Crippen LogP contribution >= 0.6 is 0 Å². The van der Waals surface area contributed by atoms with Crippen LogP contribution < -0.4 is 10.1 Å². The van der Waals surface area contributed by atoms with Crippen LogP contribution in [-0.4, -0.2) is 41.5 Å². The Balaban J connectivity index is 1.42. The van der Waals surface area contributed by atoms with Crippen LogP contribution in [0.1, 0.15) is 38.8 Å². The van der Waals surface area contributed by atoms with Crippen molar-refractivity contribution in [3.63, 3.8) is 0 Å². The van der Waals surface area contributed by atoms with Gasteiger partial charge < -0.3 is 19.5 Å². The summed E-state index contributed by atoms with van der Waals surface area (Å²) in [7, 11) is 3.54. The van der Waals surface area contributed by atoms with Gasteiger partial charge in [-0.1, -0.05) is 60.2 Å². The number of aromatic nitrogens is 1. The van der Waals surface area contributed by atoms with Crippen molar-refractivity contribution in [1.29, 1.82) is 0 Å². The molecule has 0 spiro atoms. The standard InChI is InChI=1S/C29H29N3O3/c1-19-8-10-20(11-9-19)16-17-30-25(33)18-32-27(21-12-14-22(35-3)15-13-21)26-23-6-4-5-7-24(23)31(2)28(26)29(32)34/h4-15,27H,16-18H2,1-3H3,(H,30,33)/t27-/m1/s1. The number of methoxy groups -OCH3 is 1. The number of rotatable bonds is 7. The zero-order valence-corrected chi connectivity index (χ0v) is 20.2. The lowest BCUT2D eigenvalue weighted by atomic mass is 9.98. The molecular weight excluding hydrogens is 438 g/mol. The van der Waals surface area contributed by atoms with Gasteiger partial charge in [-0.2, -0.15) is 0 Å². The lowest BCUT2D eigenvalue weighted by Gasteiger charge is -2.26. The minimum atomic E-state index is -0.350. The van der Waals surface area contributed by atoms with Crippen LogP contribution in [-0.2, 0) is 18.3 Å². The predicted octanol–water partition coefficient (Wildman–Crippen LogP) is 4.40. The van der Waals surface area contributed by atoms with E-state index in [1.807, 2.05) is 60.1 Å². The predicted molar refractivity (Wildman–Crippen MR) is 137 cm³/mol. The van der Waals surface area contributed by atoms with E-state index in [4.69, 9.17) is 4.74 Å². The zero-order valence-electron chi connectivity index (χ0n) is 20.2. The van der Waals surface area contributed by atoms with Crippen LogP contribution in [0, 0.1) is 6.92 Å². The second kappa shape index (κ2) is 9.29. The van der Waals surface area contributed by atoms with Gasteiger partial charge in [0.15, 0.2) is 0 Å². The van der Waals surface area contributed by atoms with Gasteiger partial charge >= 0.3 is 0 Å². The van der Waals surface area contributed by atoms with Gasteiger partial charge in [-0.25, -0.2) is 0 Å². The molecule has 0 saturated carbocycles. The van der Waals surface area contributed by atoms with Gasteiger partial charge in [-0.05, 0) is 42.7 Å². The van der Waals surface area contributed by atoms with Crippen LogP contribution in [0.5, 0.6) is 5.75 Å². The number of carbonyl (C=O) groups excluding carboxylic acids is 2. The molecule has 6 nitrogen and oxygen atoms in total. The summed E-state index contributed by atoms with van der Waals surface area (Å²) in [5.74, 6) is 0.450. The largest absolute Gasteiger partial charge is 0.497 e. The van der Waals surface area contributed by atoms with E-state index in [1.54, 1.807) is 12.0 Å². The summed E-state index contributed by atoms with van der Waals surface area (Å²) in [6, 6.07) is 23.7. The van der Waals surface area contributed by atoms with Crippen LogP contribution in [0.15, 0.2) is 72.8 Å². The monoisotopic (exact) mass is 467 g/mol. The van der Waals surface area contributed by atoms with Crippen LogP contribution in [0.25, 0.3) is 10.9 Å². The second-order valence-corrected chi connectivity index (χ2v) is 9.03. The third kappa shape index (κ3) is 4.16. The Kier molecular flexibility index (Phi) is 6.03. The number of carbonyl (C=O) groups is 2. The van der Waals surface area contributed by atoms with Gasteiger partial charge in [-0.3, -0.25) is 9.59 Å². The lowest BCUT2D eigenvalue weighted by Crippen LogP contribution is -2.40. The first-order chi connectivity index (χ1) is 17.0. The topological polar surface area (TPSA) is 63.6 Å². The molecule has 178 valence electrons. The van der Waals surface area contributed by atoms with Crippen molar-refractivity contribution in [3.8, 4) is 5.75 Å². The van der Waals surface area contributed by atoms with Gasteiger partial charge in [0.05, 0.1) is 13.2 Å². The number of hydrogen-bond acceptors (Lipinski definition) is 3. The summed E-state index contributed by atoms with van der Waals surface area (Å²) >= 11 is 0. The fourth-order valence-electron chi connectivity index (χ4n) is 4.97. The molecule has 0 radical (unpaired) electrons. The van der Waals surface area contributed by atoms with Crippen LogP contribution in [0.2, 0.25) is 0 Å². The van der Waals surface area contributed by atoms with Gasteiger partial charge in [0, 0.05) is 30.1 Å². The Bertz CT molecular complexity index is 1390. The molecule has 2 amide bonds. The first kappa shape index (κ1) is 22.7. The molecule has 1 aliphatic heterocycles. The summed E-state index contributed by atoms with van der Waals surface area (Å²) < 4.78 is 7.27. The van der Waals surface area contributed by atoms with Crippen molar-refractivity contribution < 1.29 is 14.3 Å². The molecule has 5 rings (SSSR count). The van der Waals surface area contributed by atoms with Gasteiger partial charge in [0.25, 0.3) is 5.91 Å². The molecule has 35 heavy (non-hydrogen) atoms. The SMILES string of the molecule is COc1ccc([C@@H]2c3c(n(C)c4ccccc34)C(=O)N2CC(=O)NCCc2ccc(C)cc2)cc1. The van der Waals surface area contributed by atoms with E-state index in [9.17, 15) is 9.59 Å². The third-order valence-electron chi connectivity index (χ3n) is 6.80. The molecule has 3 aromatic carbocycles. The number of hydrogen-bond donors (Lipinski definition) is 1. The number of fused-ring (bicyclic) bond motifs is 3. The van der Waals surface area contributed by atoms with Crippen molar-refractivity contribution >= 4 is 22.7 Å². The molecule has 1 N–H and O–H groups in total. The van der Waals surface area contributed by atoms with E-state index < -0.39 is 0 Å². The van der Waals surface area contributed by atoms with E-state index in [0.717, 1.165) is 34.2 Å². The summed E-state index contributed by atoms with van der Waals surface area (Å²) in [6.07, 6.45) is 0.743. The average molecular weight is 468 g/mol. The molecule has 2 heterocycles. The molecule has 4 aromatic rings. The Labute approximate surface area is 205 Å². The number of nitrogens with zero attached hydrogens (tertiary/aromatic N) is 2. The number of para-hydroxylation sites is 1. The summed E-state index contributed by atoms with van der Waals surface area (Å²) in [6.45, 7) is 2.57. The van der Waals surface area contributed by atoms with Crippen molar-refractivity contribution in [2.24, 2.45) is 7.05 Å². The fraction of sp³-hybridized carbons (Fsp3) is 0.241. The number of benzene rings is 3. The first-order valence-corrected chi connectivity index (χ1v) is 11.8. The van der Waals surface area contributed by atoms with E-state index in [2.05, 4.69) is 36.5 Å². The minimum absolute atomic E-state index is 0.00751. The Morgan fingerprint density at radius 2 is 1.71 bits per heavy atom. The summed E-state index contributed by atoms with van der Waals surface area (Å²) in [5, 5.41) is 4.02. The van der Waals surface area contributed by atoms with Crippen LogP contribution in [0.3, 0.4) is 0 Å². The molecule has 0 bridgehead atoms. The van der Waals surface area contributed by atoms with E-state index in [0.29, 0.717) is 12.2 Å². The van der Waals surface area contributed by atoms with Crippen molar-refractivity contribution in [1.82, 2.24) is 14.8 Å².